The summed E-state index contributed by atoms with van der Waals surface area (Å²) in [6.07, 6.45) is 2.58. The third kappa shape index (κ3) is 3.97. The molecule has 2 heteroatoms. The summed E-state index contributed by atoms with van der Waals surface area (Å²) in [6.45, 7) is 14.1. The molecule has 0 spiro atoms. The molecular formula is C12H26N2. The number of nitrogens with one attached hydrogen (secondary N) is 1. The Hall–Kier alpha value is -0.0800. The van der Waals surface area contributed by atoms with E-state index >= 15 is 0 Å². The first kappa shape index (κ1) is 12.0. The summed E-state index contributed by atoms with van der Waals surface area (Å²) in [5.74, 6) is 0. The van der Waals surface area contributed by atoms with Gasteiger partial charge in [-0.1, -0.05) is 27.7 Å². The number of hydrogen-bond acceptors (Lipinski definition) is 2. The Morgan fingerprint density at radius 2 is 2.07 bits per heavy atom. The highest BCUT2D eigenvalue weighted by Crippen LogP contribution is 2.24. The molecule has 2 nitrogen and oxygen atoms in total. The predicted octanol–water partition coefficient (Wildman–Crippen LogP) is 2.11. The molecule has 1 heterocycles. The number of nitrogens with zero attached hydrogens (tertiary/aromatic N) is 1. The van der Waals surface area contributed by atoms with Crippen molar-refractivity contribution in [2.24, 2.45) is 5.41 Å². The van der Waals surface area contributed by atoms with E-state index in [4.69, 9.17) is 0 Å². The molecule has 0 bridgehead atoms. The lowest BCUT2D eigenvalue weighted by Gasteiger charge is -2.39. The van der Waals surface area contributed by atoms with Gasteiger partial charge in [0.15, 0.2) is 0 Å². The van der Waals surface area contributed by atoms with Crippen LogP contribution >= 0.6 is 0 Å². The smallest absolute Gasteiger partial charge is 0.0226 e. The Bertz CT molecular complexity index is 158. The lowest BCUT2D eigenvalue weighted by Crippen LogP contribution is -2.52. The first-order valence-electron chi connectivity index (χ1n) is 5.97. The van der Waals surface area contributed by atoms with Crippen molar-refractivity contribution >= 4 is 0 Å². The number of hydrogen-bond donors (Lipinski definition) is 1. The van der Waals surface area contributed by atoms with E-state index in [1.807, 2.05) is 0 Å². The summed E-state index contributed by atoms with van der Waals surface area (Å²) in [6, 6.07) is 0.753. The first-order valence-corrected chi connectivity index (χ1v) is 5.97. The minimum absolute atomic E-state index is 0.454. The molecule has 1 fully saturated rings. The summed E-state index contributed by atoms with van der Waals surface area (Å²) in [5, 5.41) is 3.50. The molecule has 1 unspecified atom stereocenters. The van der Waals surface area contributed by atoms with Crippen molar-refractivity contribution in [1.29, 1.82) is 0 Å². The van der Waals surface area contributed by atoms with Gasteiger partial charge in [0.25, 0.3) is 0 Å². The molecule has 0 saturated carbocycles. The molecule has 0 aromatic heterocycles. The highest BCUT2D eigenvalue weighted by Gasteiger charge is 2.25. The quantitative estimate of drug-likeness (QED) is 0.747. The van der Waals surface area contributed by atoms with Crippen molar-refractivity contribution in [2.75, 3.05) is 26.2 Å². The van der Waals surface area contributed by atoms with E-state index in [0.29, 0.717) is 5.41 Å². The topological polar surface area (TPSA) is 15.3 Å². The highest BCUT2D eigenvalue weighted by atomic mass is 15.2. The Kier molecular flexibility index (Phi) is 4.39. The number of piperazine rings is 1. The summed E-state index contributed by atoms with van der Waals surface area (Å²) in [7, 11) is 0. The van der Waals surface area contributed by atoms with Gasteiger partial charge < -0.3 is 5.32 Å². The average Bonchev–Trinajstić information content (AvgIpc) is 2.06. The van der Waals surface area contributed by atoms with Crippen LogP contribution in [0.4, 0.5) is 0 Å². The van der Waals surface area contributed by atoms with Gasteiger partial charge >= 0.3 is 0 Å². The maximum absolute atomic E-state index is 3.50. The van der Waals surface area contributed by atoms with Gasteiger partial charge in [0.05, 0.1) is 0 Å². The lowest BCUT2D eigenvalue weighted by molar-refractivity contribution is 0.121. The van der Waals surface area contributed by atoms with E-state index in [1.54, 1.807) is 0 Å². The fraction of sp³-hybridized carbons (Fsp3) is 1.00. The molecule has 1 saturated heterocycles. The maximum atomic E-state index is 3.50. The predicted molar refractivity (Wildman–Crippen MR) is 62.6 cm³/mol. The zero-order valence-corrected chi connectivity index (χ0v) is 10.3. The van der Waals surface area contributed by atoms with Gasteiger partial charge in [0.1, 0.15) is 0 Å². The highest BCUT2D eigenvalue weighted by molar-refractivity contribution is 4.83. The first-order chi connectivity index (χ1) is 6.53. The lowest BCUT2D eigenvalue weighted by atomic mass is 9.87. The maximum Gasteiger partial charge on any atom is 0.0226 e. The zero-order chi connectivity index (χ0) is 10.6. The van der Waals surface area contributed by atoms with E-state index < -0.39 is 0 Å². The van der Waals surface area contributed by atoms with E-state index in [-0.39, 0.29) is 0 Å². The van der Waals surface area contributed by atoms with Crippen molar-refractivity contribution in [2.45, 2.75) is 46.6 Å². The van der Waals surface area contributed by atoms with Crippen molar-refractivity contribution in [3.63, 3.8) is 0 Å². The van der Waals surface area contributed by atoms with Crippen LogP contribution in [0.25, 0.3) is 0 Å². The van der Waals surface area contributed by atoms with Crippen LogP contribution in [0.5, 0.6) is 0 Å². The van der Waals surface area contributed by atoms with E-state index in [9.17, 15) is 0 Å². The second-order valence-electron chi connectivity index (χ2n) is 5.66. The number of rotatable bonds is 3. The normalized spacial score (nSPS) is 25.3. The second-order valence-corrected chi connectivity index (χ2v) is 5.66. The minimum Gasteiger partial charge on any atom is -0.314 e. The summed E-state index contributed by atoms with van der Waals surface area (Å²) >= 11 is 0. The summed E-state index contributed by atoms with van der Waals surface area (Å²) < 4.78 is 0. The molecule has 84 valence electrons. The van der Waals surface area contributed by atoms with E-state index in [0.717, 1.165) is 6.04 Å². The van der Waals surface area contributed by atoms with Crippen LogP contribution in [0.15, 0.2) is 0 Å². The molecule has 1 aliphatic heterocycles. The van der Waals surface area contributed by atoms with E-state index in [2.05, 4.69) is 37.9 Å². The molecule has 0 aliphatic carbocycles. The molecular weight excluding hydrogens is 172 g/mol. The Labute approximate surface area is 89.1 Å². The Morgan fingerprint density at radius 1 is 1.36 bits per heavy atom. The fourth-order valence-electron chi connectivity index (χ4n) is 2.29. The van der Waals surface area contributed by atoms with Crippen molar-refractivity contribution < 1.29 is 0 Å². The van der Waals surface area contributed by atoms with Gasteiger partial charge in [0, 0.05) is 25.7 Å². The van der Waals surface area contributed by atoms with Crippen LogP contribution in [0, 0.1) is 5.41 Å². The van der Waals surface area contributed by atoms with Gasteiger partial charge in [-0.2, -0.15) is 0 Å². The molecule has 0 aromatic carbocycles. The van der Waals surface area contributed by atoms with Crippen molar-refractivity contribution in [3.8, 4) is 0 Å². The van der Waals surface area contributed by atoms with Crippen molar-refractivity contribution in [3.05, 3.63) is 0 Å². The Balaban J connectivity index is 2.45. The standard InChI is InChI=1S/C12H26N2/c1-5-7-14-8-6-13-10-11(14)9-12(2,3)4/h11,13H,5-10H2,1-4H3. The third-order valence-electron chi connectivity index (χ3n) is 2.83. The van der Waals surface area contributed by atoms with E-state index in [1.165, 1.54) is 39.0 Å². The Morgan fingerprint density at radius 3 is 2.64 bits per heavy atom. The van der Waals surface area contributed by atoms with Gasteiger partial charge in [-0.05, 0) is 24.8 Å². The largest absolute Gasteiger partial charge is 0.314 e. The zero-order valence-electron chi connectivity index (χ0n) is 10.3. The molecule has 0 aromatic rings. The SMILES string of the molecule is CCCN1CCNCC1CC(C)(C)C. The molecule has 1 rings (SSSR count). The van der Waals surface area contributed by atoms with Crippen LogP contribution in [0.3, 0.4) is 0 Å². The van der Waals surface area contributed by atoms with Gasteiger partial charge in [-0.3, -0.25) is 4.90 Å². The van der Waals surface area contributed by atoms with Gasteiger partial charge in [0.2, 0.25) is 0 Å². The van der Waals surface area contributed by atoms with Crippen LogP contribution < -0.4 is 5.32 Å². The van der Waals surface area contributed by atoms with Gasteiger partial charge in [-0.25, -0.2) is 0 Å². The van der Waals surface area contributed by atoms with Crippen molar-refractivity contribution in [1.82, 2.24) is 10.2 Å². The molecule has 14 heavy (non-hydrogen) atoms. The van der Waals surface area contributed by atoms with Crippen LogP contribution in [-0.4, -0.2) is 37.1 Å². The van der Waals surface area contributed by atoms with Crippen LogP contribution in [0.2, 0.25) is 0 Å². The monoisotopic (exact) mass is 198 g/mol. The summed E-state index contributed by atoms with van der Waals surface area (Å²) in [5.41, 5.74) is 0.454. The minimum atomic E-state index is 0.454. The van der Waals surface area contributed by atoms with Crippen LogP contribution in [0.1, 0.15) is 40.5 Å². The molecule has 0 amide bonds. The molecule has 1 atom stereocenters. The third-order valence-corrected chi connectivity index (χ3v) is 2.83. The summed E-state index contributed by atoms with van der Waals surface area (Å²) in [4.78, 5) is 2.65. The average molecular weight is 198 g/mol. The van der Waals surface area contributed by atoms with Crippen LogP contribution in [-0.2, 0) is 0 Å². The fourth-order valence-corrected chi connectivity index (χ4v) is 2.29. The molecule has 1 aliphatic rings. The molecule has 1 N–H and O–H groups in total. The second kappa shape index (κ2) is 5.13. The van der Waals surface area contributed by atoms with Gasteiger partial charge in [-0.15, -0.1) is 0 Å². The molecule has 0 radical (unpaired) electrons.